The molecule has 168 valence electrons. The van der Waals surface area contributed by atoms with Crippen molar-refractivity contribution in [1.29, 1.82) is 0 Å². The topological polar surface area (TPSA) is 0 Å². The average molecular weight is 599 g/mol. The van der Waals surface area contributed by atoms with Crippen molar-refractivity contribution in [3.8, 4) is 0 Å². The van der Waals surface area contributed by atoms with Crippen molar-refractivity contribution in [3.63, 3.8) is 0 Å². The zero-order valence-corrected chi connectivity index (χ0v) is 23.6. The van der Waals surface area contributed by atoms with Crippen molar-refractivity contribution in [2.24, 2.45) is 0 Å². The maximum absolute atomic E-state index is 2.32. The van der Waals surface area contributed by atoms with Gasteiger partial charge in [-0.3, -0.25) is 0 Å². The lowest BCUT2D eigenvalue weighted by atomic mass is 10.2. The van der Waals surface area contributed by atoms with E-state index >= 15 is 0 Å². The lowest BCUT2D eigenvalue weighted by molar-refractivity contribution is -0.00000609. The summed E-state index contributed by atoms with van der Waals surface area (Å²) in [6, 6.07) is 44.4. The molecule has 0 unspecified atom stereocenters. The highest BCUT2D eigenvalue weighted by Gasteiger charge is 2.51. The number of hydrogen-bond acceptors (Lipinski definition) is 2. The fourth-order valence-electron chi connectivity index (χ4n) is 4.19. The van der Waals surface area contributed by atoms with Gasteiger partial charge in [-0.05, 0) is 48.4 Å². The minimum Gasteiger partial charge on any atom is -1.00 e. The van der Waals surface area contributed by atoms with E-state index < -0.39 is 7.26 Å². The van der Waals surface area contributed by atoms with Crippen LogP contribution in [0.15, 0.2) is 126 Å². The summed E-state index contributed by atoms with van der Waals surface area (Å²) in [5.74, 6) is 1.05. The van der Waals surface area contributed by atoms with Crippen LogP contribution in [-0.2, 0) is 0 Å². The smallest absolute Gasteiger partial charge is 0.146 e. The maximum atomic E-state index is 2.32. The van der Waals surface area contributed by atoms with Crippen LogP contribution in [0.3, 0.4) is 0 Å². The molecule has 0 radical (unpaired) electrons. The Balaban J connectivity index is 0.00000306. The first-order chi connectivity index (χ1) is 15.8. The van der Waals surface area contributed by atoms with Gasteiger partial charge < -0.3 is 24.0 Å². The van der Waals surface area contributed by atoms with Gasteiger partial charge in [0, 0.05) is 5.56 Å². The van der Waals surface area contributed by atoms with Gasteiger partial charge in [-0.25, -0.2) is 0 Å². The molecule has 0 bridgehead atoms. The third kappa shape index (κ3) is 5.43. The average Bonchev–Trinajstić information content (AvgIpc) is 2.88. The highest BCUT2D eigenvalue weighted by molar-refractivity contribution is 8.23. The minimum absolute atomic E-state index is 0. The predicted octanol–water partition coefficient (Wildman–Crippen LogP) is 4.43. The SMILES string of the molecule is CCS/C(SC)=C(/c1ccccc1)[P+](c1ccccc1)(c1ccccc1)c1ccccc1.[I-]. The Morgan fingerprint density at radius 1 is 0.606 bits per heavy atom. The molecule has 0 aliphatic rings. The van der Waals surface area contributed by atoms with Crippen LogP contribution in [0, 0.1) is 0 Å². The van der Waals surface area contributed by atoms with E-state index in [9.17, 15) is 0 Å². The molecule has 0 heterocycles. The quantitative estimate of drug-likeness (QED) is 0.218. The maximum Gasteiger partial charge on any atom is 0.146 e. The molecule has 4 rings (SSSR count). The van der Waals surface area contributed by atoms with Crippen LogP contribution in [0.4, 0.5) is 0 Å². The summed E-state index contributed by atoms with van der Waals surface area (Å²) in [6.45, 7) is 2.25. The first-order valence-electron chi connectivity index (χ1n) is 10.8. The second-order valence-corrected chi connectivity index (χ2v) is 13.0. The molecule has 0 aliphatic heterocycles. The lowest BCUT2D eigenvalue weighted by Crippen LogP contribution is -3.00. The Morgan fingerprint density at radius 2 is 0.970 bits per heavy atom. The molecule has 0 aromatic heterocycles. The van der Waals surface area contributed by atoms with Crippen LogP contribution in [0.2, 0.25) is 0 Å². The molecule has 4 aromatic rings. The molecule has 0 spiro atoms. The number of rotatable bonds is 8. The van der Waals surface area contributed by atoms with Crippen LogP contribution in [0.1, 0.15) is 12.5 Å². The first kappa shape index (κ1) is 26.1. The molecule has 0 fully saturated rings. The van der Waals surface area contributed by atoms with Gasteiger partial charge in [0.2, 0.25) is 0 Å². The third-order valence-electron chi connectivity index (χ3n) is 5.47. The summed E-state index contributed by atoms with van der Waals surface area (Å²) >= 11 is 3.84. The summed E-state index contributed by atoms with van der Waals surface area (Å²) in [7, 11) is -2.15. The van der Waals surface area contributed by atoms with E-state index in [1.165, 1.54) is 31.0 Å². The zero-order valence-electron chi connectivity index (χ0n) is 18.9. The van der Waals surface area contributed by atoms with Crippen LogP contribution in [0.5, 0.6) is 0 Å². The minimum atomic E-state index is -2.15. The summed E-state index contributed by atoms with van der Waals surface area (Å²) in [4.78, 5) is 0. The van der Waals surface area contributed by atoms with Gasteiger partial charge in [0.1, 0.15) is 28.5 Å². The Labute approximate surface area is 224 Å². The van der Waals surface area contributed by atoms with Gasteiger partial charge in [-0.15, -0.1) is 23.5 Å². The molecular weight excluding hydrogens is 570 g/mol. The monoisotopic (exact) mass is 598 g/mol. The molecule has 0 amide bonds. The van der Waals surface area contributed by atoms with Crippen molar-refractivity contribution < 1.29 is 24.0 Å². The van der Waals surface area contributed by atoms with Crippen molar-refractivity contribution in [2.75, 3.05) is 12.0 Å². The first-order valence-corrected chi connectivity index (χ1v) is 14.8. The highest BCUT2D eigenvalue weighted by Crippen LogP contribution is 2.69. The molecule has 0 saturated heterocycles. The molecule has 4 heteroatoms. The van der Waals surface area contributed by atoms with Gasteiger partial charge in [-0.1, -0.05) is 91.9 Å². The van der Waals surface area contributed by atoms with E-state index in [4.69, 9.17) is 0 Å². The molecule has 0 N–H and O–H groups in total. The molecule has 0 nitrogen and oxygen atoms in total. The number of thioether (sulfide) groups is 2. The number of halogens is 1. The largest absolute Gasteiger partial charge is 1.00 e. The molecular formula is C29H28IPS2. The van der Waals surface area contributed by atoms with E-state index in [2.05, 4.69) is 135 Å². The van der Waals surface area contributed by atoms with Crippen LogP contribution in [0.25, 0.3) is 5.31 Å². The van der Waals surface area contributed by atoms with Crippen molar-refractivity contribution in [1.82, 2.24) is 0 Å². The third-order valence-corrected chi connectivity index (χ3v) is 12.3. The van der Waals surface area contributed by atoms with Crippen LogP contribution >= 0.6 is 30.8 Å². The van der Waals surface area contributed by atoms with Crippen molar-refractivity contribution in [2.45, 2.75) is 6.92 Å². The second-order valence-electron chi connectivity index (χ2n) is 7.32. The van der Waals surface area contributed by atoms with E-state index in [-0.39, 0.29) is 24.0 Å². The molecule has 4 aromatic carbocycles. The van der Waals surface area contributed by atoms with Gasteiger partial charge in [0.25, 0.3) is 0 Å². The molecule has 0 atom stereocenters. The normalized spacial score (nSPS) is 11.9. The summed E-state index contributed by atoms with van der Waals surface area (Å²) < 4.78 is 1.41. The summed E-state index contributed by atoms with van der Waals surface area (Å²) in [6.07, 6.45) is 2.22. The van der Waals surface area contributed by atoms with E-state index in [0.717, 1.165) is 5.75 Å². The number of benzene rings is 4. The summed E-state index contributed by atoms with van der Waals surface area (Å²) in [5.41, 5.74) is 1.31. The van der Waals surface area contributed by atoms with Crippen LogP contribution < -0.4 is 39.9 Å². The van der Waals surface area contributed by atoms with Gasteiger partial charge in [0.05, 0.1) is 4.24 Å². The standard InChI is InChI=1S/C29H28PS2.HI/c1-3-32-29(31-2)28(24-16-8-4-9-17-24)30(25-18-10-5-11-19-25,26-20-12-6-13-21-26)27-22-14-7-15-23-27;/h4-23H,3H2,1-2H3;1H/q+1;/p-1/b29-28-;. The predicted molar refractivity (Wildman–Crippen MR) is 150 cm³/mol. The van der Waals surface area contributed by atoms with E-state index in [1.54, 1.807) is 0 Å². The van der Waals surface area contributed by atoms with Crippen molar-refractivity contribution in [3.05, 3.63) is 131 Å². The molecule has 0 aliphatic carbocycles. The Morgan fingerprint density at radius 3 is 1.30 bits per heavy atom. The Hall–Kier alpha value is -1.52. The molecule has 0 saturated carbocycles. The summed E-state index contributed by atoms with van der Waals surface area (Å²) in [5, 5.41) is 5.62. The molecule has 33 heavy (non-hydrogen) atoms. The van der Waals surface area contributed by atoms with Gasteiger partial charge in [0.15, 0.2) is 0 Å². The number of hydrogen-bond donors (Lipinski definition) is 0. The fourth-order valence-corrected chi connectivity index (χ4v) is 11.5. The second kappa shape index (κ2) is 12.8. The van der Waals surface area contributed by atoms with E-state index in [1.807, 2.05) is 23.5 Å². The highest BCUT2D eigenvalue weighted by atomic mass is 127. The van der Waals surface area contributed by atoms with E-state index in [0.29, 0.717) is 0 Å². The zero-order chi connectivity index (χ0) is 22.2. The van der Waals surface area contributed by atoms with Gasteiger partial charge in [-0.2, -0.15) is 0 Å². The van der Waals surface area contributed by atoms with Gasteiger partial charge >= 0.3 is 0 Å². The Kier molecular flexibility index (Phi) is 10.1. The van der Waals surface area contributed by atoms with Crippen LogP contribution in [-0.4, -0.2) is 12.0 Å². The Bertz CT molecular complexity index is 1050. The lowest BCUT2D eigenvalue weighted by Gasteiger charge is -2.31. The van der Waals surface area contributed by atoms with Crippen molar-refractivity contribution >= 4 is 52.0 Å². The fraction of sp³-hybridized carbons (Fsp3) is 0.103.